The van der Waals surface area contributed by atoms with Crippen molar-refractivity contribution in [3.8, 4) is 0 Å². The summed E-state index contributed by atoms with van der Waals surface area (Å²) in [7, 11) is 0. The number of nitrogens with one attached hydrogen (secondary N) is 3. The minimum Gasteiger partial charge on any atom is -0.481 e. The van der Waals surface area contributed by atoms with Crippen molar-refractivity contribution >= 4 is 29.6 Å². The number of benzene rings is 1. The Balaban J connectivity index is 0.000000140. The molecule has 726 valence electrons. The first-order valence-electron chi connectivity index (χ1n) is 53.9. The van der Waals surface area contributed by atoms with E-state index in [-0.39, 0.29) is 81.7 Å². The predicted molar refractivity (Wildman–Crippen MR) is 546 cm³/mol. The molecule has 131 heavy (non-hydrogen) atoms. The summed E-state index contributed by atoms with van der Waals surface area (Å²) in [6, 6.07) is 10.3. The Kier molecular flexibility index (Phi) is 31.1. The quantitative estimate of drug-likeness (QED) is 0.0802. The lowest BCUT2D eigenvalue weighted by molar-refractivity contribution is -0.160. The Morgan fingerprint density at radius 1 is 0.374 bits per heavy atom. The Bertz CT molecular complexity index is 4490. The van der Waals surface area contributed by atoms with Crippen LogP contribution in [0.3, 0.4) is 0 Å². The lowest BCUT2D eigenvalue weighted by Gasteiger charge is -2.59. The average molecular weight is 1790 g/mol. The van der Waals surface area contributed by atoms with Gasteiger partial charge in [-0.15, -0.1) is 32.9 Å². The van der Waals surface area contributed by atoms with Crippen LogP contribution in [0.1, 0.15) is 393 Å². The van der Waals surface area contributed by atoms with Crippen molar-refractivity contribution in [3.05, 3.63) is 157 Å². The van der Waals surface area contributed by atoms with Gasteiger partial charge < -0.3 is 26.0 Å². The fraction of sp³-hybridized carbons (Fsp3) is 0.744. The van der Waals surface area contributed by atoms with Crippen LogP contribution in [0.2, 0.25) is 0 Å². The molecule has 0 radical (unpaired) electrons. The second-order valence-electron chi connectivity index (χ2n) is 51.1. The number of carboxylic acids is 1. The highest BCUT2D eigenvalue weighted by Crippen LogP contribution is 2.71. The molecule has 17 rings (SSSR count). The van der Waals surface area contributed by atoms with E-state index in [1.54, 1.807) is 27.9 Å². The molecule has 1 heterocycles. The molecule has 15 aliphatic carbocycles. The summed E-state index contributed by atoms with van der Waals surface area (Å²) in [4.78, 5) is 67.6. The normalized spacial score (nSPS) is 42.7. The molecule has 1 aromatic rings. The minimum atomic E-state index is -0.589. The number of likely N-dealkylation sites (tertiary alicyclic amines) is 1. The summed E-state index contributed by atoms with van der Waals surface area (Å²) in [5, 5.41) is 19.7. The molecule has 0 aromatic heterocycles. The summed E-state index contributed by atoms with van der Waals surface area (Å²) < 4.78 is 0. The van der Waals surface area contributed by atoms with Gasteiger partial charge in [-0.25, -0.2) is 0 Å². The molecule has 0 bridgehead atoms. The second kappa shape index (κ2) is 39.8. The van der Waals surface area contributed by atoms with Crippen molar-refractivity contribution in [2.45, 2.75) is 394 Å². The van der Waals surface area contributed by atoms with E-state index in [0.717, 1.165) is 129 Å². The third-order valence-electron chi connectivity index (χ3n) is 41.3. The summed E-state index contributed by atoms with van der Waals surface area (Å²) in [5.41, 5.74) is 10.2. The van der Waals surface area contributed by atoms with Gasteiger partial charge in [-0.3, -0.25) is 24.0 Å². The zero-order valence-corrected chi connectivity index (χ0v) is 86.5. The lowest BCUT2D eigenvalue weighted by atomic mass is 9.46. The molecule has 25 atom stereocenters. The van der Waals surface area contributed by atoms with Gasteiger partial charge in [0, 0.05) is 43.6 Å². The third kappa shape index (κ3) is 19.8. The Labute approximate surface area is 798 Å². The van der Waals surface area contributed by atoms with Gasteiger partial charge in [0.1, 0.15) is 0 Å². The molecule has 10 heteroatoms. The topological polar surface area (TPSA) is 145 Å². The number of rotatable bonds is 19. The minimum absolute atomic E-state index is 0.0941. The van der Waals surface area contributed by atoms with Crippen LogP contribution >= 0.6 is 0 Å². The van der Waals surface area contributed by atoms with E-state index >= 15 is 0 Å². The zero-order chi connectivity index (χ0) is 95.0. The molecule has 10 saturated carbocycles. The molecule has 0 unspecified atom stereocenters. The Morgan fingerprint density at radius 2 is 0.664 bits per heavy atom. The number of nitrogens with zero attached hydrogens (tertiary/aromatic N) is 1. The molecular weight excluding hydrogens is 1610 g/mol. The first-order chi connectivity index (χ1) is 61.8. The highest BCUT2D eigenvalue weighted by atomic mass is 16.4. The number of hydrogen-bond donors (Lipinski definition) is 4. The molecule has 11 fully saturated rings. The van der Waals surface area contributed by atoms with Crippen LogP contribution in [0.5, 0.6) is 0 Å². The van der Waals surface area contributed by atoms with E-state index in [2.05, 4.69) is 244 Å². The van der Waals surface area contributed by atoms with Gasteiger partial charge in [-0.2, -0.15) is 0 Å². The SMILES string of the molecule is C=C[C@@]1(C)CC=C2[C@@H](CC[C@@H]3[C@](C)(C(=O)N4CCCC4)CCC[C@@]23C)C1.C=C[C@@]1(C)CC=C2[C@@H](CC[C@@H]3[C@](C)(C(=O)NCC(C)C)CCC[C@@]23C)C1.C=C[C@@]1(C)CC=C2[C@@H](CC[C@@H]3[C@](C)(C(=O)NCCCCCC)CCC[C@@]23C)C1.C=C[C@@]1(C)CC=C2[C@@H](CC[C@@H]3[C@](C)(C(=O)NCc4ccccc4)CCC[C@@]23C)C1.C=C[C@@]1(C)CC=C2[C@@H](CC[C@@H]3[C@](C)(C(=O)O)CCC[C@@]23C)C1. The van der Waals surface area contributed by atoms with Crippen LogP contribution in [0.25, 0.3) is 0 Å². The van der Waals surface area contributed by atoms with E-state index in [0.29, 0.717) is 89.4 Å². The van der Waals surface area contributed by atoms with Gasteiger partial charge >= 0.3 is 5.97 Å². The van der Waals surface area contributed by atoms with E-state index in [9.17, 15) is 29.1 Å². The molecule has 1 aliphatic heterocycles. The predicted octanol–water partition coefficient (Wildman–Crippen LogP) is 30.1. The van der Waals surface area contributed by atoms with E-state index in [1.165, 1.54) is 166 Å². The van der Waals surface area contributed by atoms with Gasteiger partial charge in [0.2, 0.25) is 23.6 Å². The molecule has 10 nitrogen and oxygen atoms in total. The second-order valence-corrected chi connectivity index (χ2v) is 51.1. The van der Waals surface area contributed by atoms with Gasteiger partial charge in [0.15, 0.2) is 0 Å². The van der Waals surface area contributed by atoms with Crippen molar-refractivity contribution in [3.63, 3.8) is 0 Å². The van der Waals surface area contributed by atoms with Crippen LogP contribution in [0.4, 0.5) is 0 Å². The van der Waals surface area contributed by atoms with Crippen molar-refractivity contribution in [2.75, 3.05) is 26.2 Å². The van der Waals surface area contributed by atoms with Gasteiger partial charge in [0.25, 0.3) is 0 Å². The zero-order valence-electron chi connectivity index (χ0n) is 86.5. The first-order valence-corrected chi connectivity index (χ1v) is 53.9. The van der Waals surface area contributed by atoms with Crippen molar-refractivity contribution in [1.29, 1.82) is 0 Å². The summed E-state index contributed by atoms with van der Waals surface area (Å²) >= 11 is 0. The lowest BCUT2D eigenvalue weighted by Crippen LogP contribution is -2.55. The number of aliphatic carboxylic acids is 1. The monoisotopic (exact) mass is 1790 g/mol. The fourth-order valence-electron chi connectivity index (χ4n) is 33.1. The number of carbonyl (C=O) groups excluding carboxylic acids is 4. The van der Waals surface area contributed by atoms with Gasteiger partial charge in [-0.05, 0) is 344 Å². The summed E-state index contributed by atoms with van der Waals surface area (Å²) in [6.07, 6.45) is 71.2. The molecule has 1 aromatic carbocycles. The van der Waals surface area contributed by atoms with Crippen LogP contribution in [0.15, 0.2) is 152 Å². The van der Waals surface area contributed by atoms with Crippen LogP contribution in [-0.2, 0) is 30.5 Å². The standard InChI is InChI=1S/C27H37NO.C26H43NO.C24H37NO.C24H39NO.C20H30O2/c1-5-25(2)17-14-22-21(18-25)12-13-23-26(22,3)15-9-16-27(23,4)24(29)28-19-20-10-7-6-8-11-20;1-6-8-9-10-18-27-23(28)26(5)16-11-15-25(4)21-14-17-24(3,7-2)19-20(21)12-13-22(25)26;1-5-22(2)14-11-19-18(17-22)9-10-20-23(19,3)12-8-13-24(20,4)21(26)25-15-6-7-16-25;1-7-22(4)14-11-19-18(15-22)9-10-20-23(19,5)12-8-13-24(20,6)21(26)25-16-17(2)3;1-5-18(2)12-9-15-14(13-18)7-8-16-19(15,3)10-6-11-20(16,4)17(21)22/h5-8,10-11,14,21,23H,1,9,12-13,15-19H2,2-4H3,(H,28,29);7,14,20,22H,2,6,8-13,15-19H2,1,3-5H3,(H,27,28);5,11,18,20H,1,6-10,12-17H2,2-4H3;7,11,17-18,20H,1,8-10,12-16H2,2-6H3,(H,25,26);5,9,14,16H,1,6-8,10-13H2,2-4H3,(H,21,22)/t21-,23-,25-,26-,27+;20-,22-,24-,25-,26+;2*18-,20-,22-,23-,24+;14-,16-,18-,19-,20+/m00000/s1. The van der Waals surface area contributed by atoms with Crippen LogP contribution in [0, 0.1) is 146 Å². The number of carboxylic acid groups (broad SMARTS) is 1. The van der Waals surface area contributed by atoms with Gasteiger partial charge in [-0.1, -0.05) is 288 Å². The van der Waals surface area contributed by atoms with Crippen molar-refractivity contribution < 1.29 is 29.1 Å². The van der Waals surface area contributed by atoms with Crippen LogP contribution in [-0.4, -0.2) is 65.8 Å². The van der Waals surface area contributed by atoms with Gasteiger partial charge in [0.05, 0.1) is 16.2 Å². The maximum Gasteiger partial charge on any atom is 0.309 e. The van der Waals surface area contributed by atoms with E-state index in [4.69, 9.17) is 0 Å². The fourth-order valence-corrected chi connectivity index (χ4v) is 33.1. The maximum absolute atomic E-state index is 13.5. The smallest absolute Gasteiger partial charge is 0.309 e. The van der Waals surface area contributed by atoms with Crippen molar-refractivity contribution in [2.24, 2.45) is 146 Å². The maximum atomic E-state index is 13.5. The number of carbonyl (C=O) groups is 5. The number of unbranched alkanes of at least 4 members (excludes halogenated alkanes) is 3. The summed E-state index contributed by atoms with van der Waals surface area (Å²) in [6.45, 7) is 66.3. The van der Waals surface area contributed by atoms with E-state index in [1.807, 2.05) is 25.1 Å². The highest BCUT2D eigenvalue weighted by Gasteiger charge is 2.64. The van der Waals surface area contributed by atoms with E-state index < -0.39 is 11.4 Å². The molecule has 4 N–H and O–H groups in total. The average Bonchev–Trinajstić information content (AvgIpc) is 1.31. The molecular formula is C121H186N4O6. The molecule has 4 amide bonds. The molecule has 16 aliphatic rings. The first kappa shape index (κ1) is 102. The highest BCUT2D eigenvalue weighted by molar-refractivity contribution is 5.85. The van der Waals surface area contributed by atoms with Crippen LogP contribution < -0.4 is 16.0 Å². The molecule has 1 saturated heterocycles. The number of amides is 4. The summed E-state index contributed by atoms with van der Waals surface area (Å²) in [5.74, 6) is 6.87. The number of allylic oxidation sites excluding steroid dienone is 15. The number of fused-ring (bicyclic) bond motifs is 15. The number of hydrogen-bond acceptors (Lipinski definition) is 5. The largest absolute Gasteiger partial charge is 0.481 e. The van der Waals surface area contributed by atoms with Crippen molar-refractivity contribution in [1.82, 2.24) is 20.9 Å². The molecule has 0 spiro atoms. The third-order valence-corrected chi connectivity index (χ3v) is 41.3. The Hall–Kier alpha value is -6.03. The Morgan fingerprint density at radius 3 is 0.969 bits per heavy atom.